The van der Waals surface area contributed by atoms with Crippen LogP contribution in [0, 0.1) is 5.82 Å². The number of ether oxygens (including phenoxy) is 1. The molecule has 0 spiro atoms. The van der Waals surface area contributed by atoms with E-state index in [9.17, 15) is 18.8 Å². The first-order valence-electron chi connectivity index (χ1n) is 8.50. The molecule has 0 fully saturated rings. The van der Waals surface area contributed by atoms with Crippen LogP contribution in [-0.2, 0) is 9.53 Å². The quantitative estimate of drug-likeness (QED) is 0.620. The highest BCUT2D eigenvalue weighted by Crippen LogP contribution is 2.26. The first-order valence-corrected chi connectivity index (χ1v) is 9.32. The lowest BCUT2D eigenvalue weighted by atomic mass is 10.2. The third-order valence-electron chi connectivity index (χ3n) is 3.76. The Hall–Kier alpha value is -3.26. The number of halogens is 1. The molecule has 0 aliphatic rings. The molecule has 0 aliphatic carbocycles. The number of carbonyl (C=O) groups is 3. The molecule has 3 aromatic rings. The van der Waals surface area contributed by atoms with Crippen molar-refractivity contribution >= 4 is 44.9 Å². The van der Waals surface area contributed by atoms with Gasteiger partial charge in [0.2, 0.25) is 0 Å². The number of amides is 2. The smallest absolute Gasteiger partial charge is 0.348 e. The van der Waals surface area contributed by atoms with Gasteiger partial charge in [-0.1, -0.05) is 6.07 Å². The molecule has 2 amide bonds. The molecular weight excluding hydrogens is 383 g/mol. The number of esters is 1. The lowest BCUT2D eigenvalue weighted by molar-refractivity contribution is -0.119. The Kier molecular flexibility index (Phi) is 6.00. The molecule has 0 saturated carbocycles. The Bertz CT molecular complexity index is 1050. The lowest BCUT2D eigenvalue weighted by Gasteiger charge is -2.08. The Morgan fingerprint density at radius 3 is 2.71 bits per heavy atom. The van der Waals surface area contributed by atoms with Crippen LogP contribution in [0.4, 0.5) is 10.1 Å². The van der Waals surface area contributed by atoms with E-state index in [0.29, 0.717) is 23.2 Å². The van der Waals surface area contributed by atoms with Gasteiger partial charge in [0.15, 0.2) is 6.61 Å². The summed E-state index contributed by atoms with van der Waals surface area (Å²) >= 11 is 1.16. The van der Waals surface area contributed by atoms with E-state index in [1.54, 1.807) is 24.3 Å². The molecule has 1 aromatic heterocycles. The molecule has 1 heterocycles. The van der Waals surface area contributed by atoms with Gasteiger partial charge in [0.1, 0.15) is 10.7 Å². The Labute approximate surface area is 164 Å². The predicted molar refractivity (Wildman–Crippen MR) is 105 cm³/mol. The molecule has 2 N–H and O–H groups in total. The minimum Gasteiger partial charge on any atom is -0.451 e. The van der Waals surface area contributed by atoms with E-state index in [0.717, 1.165) is 16.0 Å². The maximum atomic E-state index is 13.2. The molecule has 2 aromatic carbocycles. The van der Waals surface area contributed by atoms with E-state index in [1.807, 2.05) is 6.92 Å². The molecule has 0 unspecified atom stereocenters. The molecule has 8 heteroatoms. The van der Waals surface area contributed by atoms with Gasteiger partial charge in [-0.2, -0.15) is 0 Å². The van der Waals surface area contributed by atoms with Gasteiger partial charge in [0, 0.05) is 22.5 Å². The highest BCUT2D eigenvalue weighted by molar-refractivity contribution is 7.20. The van der Waals surface area contributed by atoms with E-state index >= 15 is 0 Å². The Balaban J connectivity index is 1.58. The summed E-state index contributed by atoms with van der Waals surface area (Å²) in [6, 6.07) is 12.2. The highest BCUT2D eigenvalue weighted by Gasteiger charge is 2.14. The van der Waals surface area contributed by atoms with Crippen molar-refractivity contribution in [1.29, 1.82) is 0 Å². The van der Waals surface area contributed by atoms with Gasteiger partial charge in [-0.3, -0.25) is 9.59 Å². The average molecular weight is 400 g/mol. The van der Waals surface area contributed by atoms with Gasteiger partial charge in [-0.05, 0) is 54.8 Å². The topological polar surface area (TPSA) is 84.5 Å². The zero-order valence-electron chi connectivity index (χ0n) is 15.0. The summed E-state index contributed by atoms with van der Waals surface area (Å²) in [6.07, 6.45) is 0. The highest BCUT2D eigenvalue weighted by atomic mass is 32.1. The summed E-state index contributed by atoms with van der Waals surface area (Å²) in [7, 11) is 0. The van der Waals surface area contributed by atoms with Gasteiger partial charge in [-0.15, -0.1) is 11.3 Å². The molecular formula is C20H17FN2O4S. The number of rotatable bonds is 6. The molecule has 0 bridgehead atoms. The van der Waals surface area contributed by atoms with Crippen molar-refractivity contribution in [2.45, 2.75) is 6.92 Å². The van der Waals surface area contributed by atoms with Crippen LogP contribution in [0.3, 0.4) is 0 Å². The molecule has 144 valence electrons. The number of anilines is 1. The molecule has 0 saturated heterocycles. The second-order valence-corrected chi connectivity index (χ2v) is 6.94. The molecule has 28 heavy (non-hydrogen) atoms. The number of hydrogen-bond donors (Lipinski definition) is 2. The minimum atomic E-state index is -0.659. The second kappa shape index (κ2) is 8.62. The fourth-order valence-corrected chi connectivity index (χ4v) is 3.45. The largest absolute Gasteiger partial charge is 0.451 e. The predicted octanol–water partition coefficient (Wildman–Crippen LogP) is 3.59. The summed E-state index contributed by atoms with van der Waals surface area (Å²) in [6.45, 7) is 1.83. The first kappa shape index (κ1) is 19.5. The molecule has 3 rings (SSSR count). The van der Waals surface area contributed by atoms with Crippen molar-refractivity contribution in [3.05, 3.63) is 64.8 Å². The number of benzene rings is 2. The summed E-state index contributed by atoms with van der Waals surface area (Å²) in [5, 5.41) is 5.85. The van der Waals surface area contributed by atoms with Crippen molar-refractivity contribution in [3.63, 3.8) is 0 Å². The summed E-state index contributed by atoms with van der Waals surface area (Å²) in [4.78, 5) is 36.3. The van der Waals surface area contributed by atoms with E-state index in [1.165, 1.54) is 24.3 Å². The Morgan fingerprint density at radius 1 is 1.11 bits per heavy atom. The zero-order chi connectivity index (χ0) is 20.1. The molecule has 0 aliphatic heterocycles. The van der Waals surface area contributed by atoms with E-state index in [2.05, 4.69) is 10.6 Å². The number of carbonyl (C=O) groups excluding carboxylic acids is 3. The SMILES string of the molecule is CCNC(=O)c1cccc(NC(=O)COC(=O)c2cc3cc(F)ccc3s2)c1. The van der Waals surface area contributed by atoms with Crippen molar-refractivity contribution in [2.75, 3.05) is 18.5 Å². The van der Waals surface area contributed by atoms with Crippen molar-refractivity contribution in [2.24, 2.45) is 0 Å². The van der Waals surface area contributed by atoms with E-state index < -0.39 is 18.5 Å². The van der Waals surface area contributed by atoms with Gasteiger partial charge in [0.25, 0.3) is 11.8 Å². The standard InChI is InChI=1S/C20H17FN2O4S/c1-2-22-19(25)12-4-3-5-15(9-12)23-18(24)11-27-20(26)17-10-13-8-14(21)6-7-16(13)28-17/h3-10H,2,11H2,1H3,(H,22,25)(H,23,24). The van der Waals surface area contributed by atoms with Crippen molar-refractivity contribution < 1.29 is 23.5 Å². The molecule has 0 radical (unpaired) electrons. The van der Waals surface area contributed by atoms with Crippen LogP contribution in [0.5, 0.6) is 0 Å². The van der Waals surface area contributed by atoms with Crippen LogP contribution in [-0.4, -0.2) is 30.9 Å². The van der Waals surface area contributed by atoms with Crippen LogP contribution in [0.25, 0.3) is 10.1 Å². The maximum Gasteiger partial charge on any atom is 0.348 e. The third-order valence-corrected chi connectivity index (χ3v) is 4.86. The van der Waals surface area contributed by atoms with Crippen LogP contribution < -0.4 is 10.6 Å². The van der Waals surface area contributed by atoms with Gasteiger partial charge >= 0.3 is 5.97 Å². The van der Waals surface area contributed by atoms with Crippen LogP contribution >= 0.6 is 11.3 Å². The van der Waals surface area contributed by atoms with Gasteiger partial charge < -0.3 is 15.4 Å². The van der Waals surface area contributed by atoms with Crippen molar-refractivity contribution in [1.82, 2.24) is 5.32 Å². The average Bonchev–Trinajstić information content (AvgIpc) is 3.10. The van der Waals surface area contributed by atoms with Crippen molar-refractivity contribution in [3.8, 4) is 0 Å². The molecule has 6 nitrogen and oxygen atoms in total. The normalized spacial score (nSPS) is 10.5. The lowest BCUT2D eigenvalue weighted by Crippen LogP contribution is -2.23. The first-order chi connectivity index (χ1) is 13.5. The monoisotopic (exact) mass is 400 g/mol. The fraction of sp³-hybridized carbons (Fsp3) is 0.150. The third kappa shape index (κ3) is 4.72. The summed E-state index contributed by atoms with van der Waals surface area (Å²) in [5.74, 6) is -1.83. The van der Waals surface area contributed by atoms with E-state index in [4.69, 9.17) is 4.74 Å². The van der Waals surface area contributed by atoms with E-state index in [-0.39, 0.29) is 16.6 Å². The zero-order valence-corrected chi connectivity index (χ0v) is 15.8. The number of fused-ring (bicyclic) bond motifs is 1. The number of nitrogens with one attached hydrogen (secondary N) is 2. The van der Waals surface area contributed by atoms with Crippen LogP contribution in [0.1, 0.15) is 27.0 Å². The summed E-state index contributed by atoms with van der Waals surface area (Å²) in [5.41, 5.74) is 0.830. The number of thiophene rings is 1. The minimum absolute atomic E-state index is 0.244. The fourth-order valence-electron chi connectivity index (χ4n) is 2.51. The van der Waals surface area contributed by atoms with Gasteiger partial charge in [-0.25, -0.2) is 9.18 Å². The second-order valence-electron chi connectivity index (χ2n) is 5.86. The maximum absolute atomic E-state index is 13.2. The van der Waals surface area contributed by atoms with Crippen LogP contribution in [0.2, 0.25) is 0 Å². The Morgan fingerprint density at radius 2 is 1.93 bits per heavy atom. The summed E-state index contributed by atoms with van der Waals surface area (Å²) < 4.78 is 19.0. The van der Waals surface area contributed by atoms with Gasteiger partial charge in [0.05, 0.1) is 0 Å². The number of hydrogen-bond acceptors (Lipinski definition) is 5. The molecule has 0 atom stereocenters. The van der Waals surface area contributed by atoms with Crippen LogP contribution in [0.15, 0.2) is 48.5 Å².